The van der Waals surface area contributed by atoms with Crippen LogP contribution in [0.2, 0.25) is 0 Å². The molecule has 5 nitrogen and oxygen atoms in total. The third-order valence-electron chi connectivity index (χ3n) is 2.62. The van der Waals surface area contributed by atoms with Crippen LogP contribution in [0.1, 0.15) is 31.4 Å². The summed E-state index contributed by atoms with van der Waals surface area (Å²) in [6, 6.07) is 3.10. The van der Waals surface area contributed by atoms with Gasteiger partial charge in [-0.2, -0.15) is 0 Å². The first kappa shape index (κ1) is 13.8. The Balaban J connectivity index is 2.31. The van der Waals surface area contributed by atoms with E-state index in [0.29, 0.717) is 15.2 Å². The minimum Gasteiger partial charge on any atom is -0.478 e. The second-order valence-electron chi connectivity index (χ2n) is 3.85. The molecule has 2 rings (SSSR count). The zero-order valence-electron chi connectivity index (χ0n) is 10.1. The Labute approximate surface area is 121 Å². The summed E-state index contributed by atoms with van der Waals surface area (Å²) >= 11 is 4.33. The second-order valence-corrected chi connectivity index (χ2v) is 5.86. The number of carboxylic acid groups (broad SMARTS) is 1. The van der Waals surface area contributed by atoms with Crippen molar-refractivity contribution in [2.45, 2.75) is 13.8 Å². The number of carbonyl (C=O) groups excluding carboxylic acids is 1. The minimum atomic E-state index is -1.06. The number of hydrogen-bond donors (Lipinski definition) is 2. The van der Waals surface area contributed by atoms with E-state index in [1.54, 1.807) is 13.0 Å². The number of rotatable bonds is 3. The smallest absolute Gasteiger partial charge is 0.338 e. The van der Waals surface area contributed by atoms with Gasteiger partial charge in [0.25, 0.3) is 5.91 Å². The van der Waals surface area contributed by atoms with E-state index in [1.807, 2.05) is 6.92 Å². The SMILES string of the molecule is Cc1sc(NC(=O)c2ccc(Br)o2)c(C(=O)O)c1C. The molecule has 0 saturated carbocycles. The number of carboxylic acids is 1. The number of furan rings is 1. The van der Waals surface area contributed by atoms with Crippen molar-refractivity contribution in [1.29, 1.82) is 0 Å². The lowest BCUT2D eigenvalue weighted by molar-refractivity contribution is 0.0697. The Morgan fingerprint density at radius 1 is 1.37 bits per heavy atom. The van der Waals surface area contributed by atoms with Crippen LogP contribution in [0.15, 0.2) is 21.2 Å². The Kier molecular flexibility index (Phi) is 3.77. The van der Waals surface area contributed by atoms with Gasteiger partial charge in [0.15, 0.2) is 10.4 Å². The van der Waals surface area contributed by atoms with Crippen LogP contribution in [0.4, 0.5) is 5.00 Å². The van der Waals surface area contributed by atoms with Crippen LogP contribution in [-0.4, -0.2) is 17.0 Å². The van der Waals surface area contributed by atoms with E-state index in [1.165, 1.54) is 17.4 Å². The van der Waals surface area contributed by atoms with Gasteiger partial charge in [0.05, 0.1) is 5.56 Å². The predicted octanol–water partition coefficient (Wildman–Crippen LogP) is 3.67. The van der Waals surface area contributed by atoms with Gasteiger partial charge >= 0.3 is 5.97 Å². The summed E-state index contributed by atoms with van der Waals surface area (Å²) in [4.78, 5) is 24.0. The average Bonchev–Trinajstić information content (AvgIpc) is 2.85. The van der Waals surface area contributed by atoms with E-state index >= 15 is 0 Å². The molecule has 0 aliphatic heterocycles. The summed E-state index contributed by atoms with van der Waals surface area (Å²) in [7, 11) is 0. The van der Waals surface area contributed by atoms with E-state index in [0.717, 1.165) is 4.88 Å². The quantitative estimate of drug-likeness (QED) is 0.890. The molecule has 0 aliphatic rings. The third kappa shape index (κ3) is 2.71. The van der Waals surface area contributed by atoms with Crippen molar-refractivity contribution < 1.29 is 19.1 Å². The summed E-state index contributed by atoms with van der Waals surface area (Å²) in [5.74, 6) is -1.42. The van der Waals surface area contributed by atoms with E-state index in [-0.39, 0.29) is 11.3 Å². The third-order valence-corrected chi connectivity index (χ3v) is 4.17. The molecular formula is C12H10BrNO4S. The van der Waals surface area contributed by atoms with Crippen molar-refractivity contribution in [1.82, 2.24) is 0 Å². The zero-order valence-corrected chi connectivity index (χ0v) is 12.5. The molecule has 2 heterocycles. The van der Waals surface area contributed by atoms with E-state index in [4.69, 9.17) is 4.42 Å². The molecule has 19 heavy (non-hydrogen) atoms. The lowest BCUT2D eigenvalue weighted by Gasteiger charge is -2.02. The number of thiophene rings is 1. The largest absolute Gasteiger partial charge is 0.478 e. The van der Waals surface area contributed by atoms with Crippen molar-refractivity contribution in [2.24, 2.45) is 0 Å². The molecule has 7 heteroatoms. The van der Waals surface area contributed by atoms with Crippen molar-refractivity contribution in [3.05, 3.63) is 38.6 Å². The maximum Gasteiger partial charge on any atom is 0.338 e. The summed E-state index contributed by atoms with van der Waals surface area (Å²) in [5.41, 5.74) is 0.787. The average molecular weight is 344 g/mol. The Morgan fingerprint density at radius 3 is 2.58 bits per heavy atom. The van der Waals surface area contributed by atoms with Crippen LogP contribution in [-0.2, 0) is 0 Å². The fourth-order valence-electron chi connectivity index (χ4n) is 1.57. The number of amides is 1. The fourth-order valence-corrected chi connectivity index (χ4v) is 2.93. The van der Waals surface area contributed by atoms with Crippen molar-refractivity contribution in [3.63, 3.8) is 0 Å². The van der Waals surface area contributed by atoms with Gasteiger partial charge in [-0.25, -0.2) is 4.79 Å². The van der Waals surface area contributed by atoms with Gasteiger partial charge in [-0.05, 0) is 47.5 Å². The molecular weight excluding hydrogens is 334 g/mol. The van der Waals surface area contributed by atoms with Crippen LogP contribution in [0.3, 0.4) is 0 Å². The number of nitrogens with one attached hydrogen (secondary N) is 1. The monoisotopic (exact) mass is 343 g/mol. The second kappa shape index (κ2) is 5.18. The first-order valence-electron chi connectivity index (χ1n) is 5.30. The number of carbonyl (C=O) groups is 2. The summed E-state index contributed by atoms with van der Waals surface area (Å²) in [5, 5.41) is 12.1. The van der Waals surface area contributed by atoms with Gasteiger partial charge in [-0.15, -0.1) is 11.3 Å². The first-order valence-corrected chi connectivity index (χ1v) is 6.91. The maximum absolute atomic E-state index is 11.9. The predicted molar refractivity (Wildman–Crippen MR) is 75.1 cm³/mol. The van der Waals surface area contributed by atoms with Crippen molar-refractivity contribution in [2.75, 3.05) is 5.32 Å². The van der Waals surface area contributed by atoms with Crippen LogP contribution in [0.25, 0.3) is 0 Å². The molecule has 0 unspecified atom stereocenters. The lowest BCUT2D eigenvalue weighted by atomic mass is 10.1. The maximum atomic E-state index is 11.9. The van der Waals surface area contributed by atoms with E-state index < -0.39 is 11.9 Å². The van der Waals surface area contributed by atoms with Crippen molar-refractivity contribution >= 4 is 44.1 Å². The normalized spacial score (nSPS) is 10.5. The summed E-state index contributed by atoms with van der Waals surface area (Å²) in [6.45, 7) is 3.53. The molecule has 0 spiro atoms. The molecule has 1 amide bonds. The molecule has 100 valence electrons. The van der Waals surface area contributed by atoms with Gasteiger partial charge in [0, 0.05) is 4.88 Å². The highest BCUT2D eigenvalue weighted by molar-refractivity contribution is 9.10. The van der Waals surface area contributed by atoms with Gasteiger partial charge in [-0.3, -0.25) is 4.79 Å². The van der Waals surface area contributed by atoms with E-state index in [9.17, 15) is 14.7 Å². The highest BCUT2D eigenvalue weighted by Gasteiger charge is 2.21. The van der Waals surface area contributed by atoms with Crippen LogP contribution >= 0.6 is 27.3 Å². The summed E-state index contributed by atoms with van der Waals surface area (Å²) in [6.07, 6.45) is 0. The fraction of sp³-hybridized carbons (Fsp3) is 0.167. The Bertz CT molecular complexity index is 659. The van der Waals surface area contributed by atoms with Crippen LogP contribution in [0.5, 0.6) is 0 Å². The minimum absolute atomic E-state index is 0.118. The molecule has 0 fully saturated rings. The molecule has 0 saturated heterocycles. The molecule has 0 aromatic carbocycles. The van der Waals surface area contributed by atoms with Gasteiger partial charge in [0.1, 0.15) is 5.00 Å². The zero-order chi connectivity index (χ0) is 14.2. The highest BCUT2D eigenvalue weighted by atomic mass is 79.9. The first-order chi connectivity index (χ1) is 8.90. The van der Waals surface area contributed by atoms with Crippen LogP contribution in [0, 0.1) is 13.8 Å². The van der Waals surface area contributed by atoms with Gasteiger partial charge in [-0.1, -0.05) is 0 Å². The van der Waals surface area contributed by atoms with Gasteiger partial charge in [0.2, 0.25) is 0 Å². The number of anilines is 1. The molecule has 0 bridgehead atoms. The molecule has 2 aromatic heterocycles. The molecule has 0 radical (unpaired) electrons. The van der Waals surface area contributed by atoms with Gasteiger partial charge < -0.3 is 14.8 Å². The molecule has 0 aliphatic carbocycles. The van der Waals surface area contributed by atoms with Crippen LogP contribution < -0.4 is 5.32 Å². The molecule has 0 atom stereocenters. The highest BCUT2D eigenvalue weighted by Crippen LogP contribution is 2.32. The molecule has 2 aromatic rings. The number of halogens is 1. The Morgan fingerprint density at radius 2 is 2.05 bits per heavy atom. The summed E-state index contributed by atoms with van der Waals surface area (Å²) < 4.78 is 5.56. The number of aryl methyl sites for hydroxylation is 1. The Hall–Kier alpha value is -1.60. The van der Waals surface area contributed by atoms with Crippen molar-refractivity contribution in [3.8, 4) is 0 Å². The number of hydrogen-bond acceptors (Lipinski definition) is 4. The van der Waals surface area contributed by atoms with E-state index in [2.05, 4.69) is 21.2 Å². The lowest BCUT2D eigenvalue weighted by Crippen LogP contribution is -2.12. The topological polar surface area (TPSA) is 79.5 Å². The standard InChI is InChI=1S/C12H10BrNO4S/c1-5-6(2)19-11(9(5)12(16)17)14-10(15)7-3-4-8(13)18-7/h3-4H,1-2H3,(H,14,15)(H,16,17). The molecule has 2 N–H and O–H groups in total. The number of aromatic carboxylic acids is 1.